The fourth-order valence-corrected chi connectivity index (χ4v) is 2.46. The molecule has 0 aliphatic rings. The molecule has 0 radical (unpaired) electrons. The van der Waals surface area contributed by atoms with Gasteiger partial charge in [-0.05, 0) is 55.8 Å². The van der Waals surface area contributed by atoms with Gasteiger partial charge in [-0.25, -0.2) is 0 Å². The molecule has 26 heavy (non-hydrogen) atoms. The van der Waals surface area contributed by atoms with Crippen LogP contribution in [-0.4, -0.2) is 12.0 Å². The second kappa shape index (κ2) is 8.21. The molecule has 0 aliphatic heterocycles. The Morgan fingerprint density at radius 2 is 1.58 bits per heavy atom. The summed E-state index contributed by atoms with van der Waals surface area (Å²) in [5.74, 6) is 1.71. The maximum Gasteiger partial charge on any atom is 0.265 e. The smallest absolute Gasteiger partial charge is 0.265 e. The lowest BCUT2D eigenvalue weighted by molar-refractivity contribution is -0.122. The molecule has 0 fully saturated rings. The van der Waals surface area contributed by atoms with Crippen LogP contribution < -0.4 is 14.8 Å². The molecule has 0 heterocycles. The summed E-state index contributed by atoms with van der Waals surface area (Å²) in [7, 11) is 0. The standard InChI is InChI=1S/C22H21NO3/c1-16-9-8-12-19(15-16)25-17(2)22(24)23-20-13-6-7-14-21(20)26-18-10-4-3-5-11-18/h3-15,17H,1-2H3,(H,23,24)/t17-/m1/s1. The van der Waals surface area contributed by atoms with Crippen LogP contribution in [0.25, 0.3) is 0 Å². The fourth-order valence-electron chi connectivity index (χ4n) is 2.46. The van der Waals surface area contributed by atoms with Crippen molar-refractivity contribution < 1.29 is 14.3 Å². The highest BCUT2D eigenvalue weighted by molar-refractivity contribution is 5.95. The highest BCUT2D eigenvalue weighted by atomic mass is 16.5. The van der Waals surface area contributed by atoms with E-state index < -0.39 is 6.10 Å². The molecular weight excluding hydrogens is 326 g/mol. The summed E-state index contributed by atoms with van der Waals surface area (Å²) >= 11 is 0. The lowest BCUT2D eigenvalue weighted by atomic mass is 10.2. The van der Waals surface area contributed by atoms with Gasteiger partial charge < -0.3 is 14.8 Å². The highest BCUT2D eigenvalue weighted by Gasteiger charge is 2.17. The van der Waals surface area contributed by atoms with E-state index in [-0.39, 0.29) is 5.91 Å². The summed E-state index contributed by atoms with van der Waals surface area (Å²) in [6, 6.07) is 24.4. The summed E-state index contributed by atoms with van der Waals surface area (Å²) < 4.78 is 11.6. The Kier molecular flexibility index (Phi) is 5.54. The van der Waals surface area contributed by atoms with Gasteiger partial charge in [0.15, 0.2) is 11.9 Å². The summed E-state index contributed by atoms with van der Waals surface area (Å²) in [6.07, 6.45) is -0.637. The van der Waals surface area contributed by atoms with E-state index in [1.165, 1.54) is 0 Å². The molecule has 1 amide bonds. The lowest BCUT2D eigenvalue weighted by Gasteiger charge is -2.17. The van der Waals surface area contributed by atoms with Gasteiger partial charge in [0, 0.05) is 0 Å². The molecule has 4 nitrogen and oxygen atoms in total. The van der Waals surface area contributed by atoms with E-state index >= 15 is 0 Å². The number of aryl methyl sites for hydroxylation is 1. The third kappa shape index (κ3) is 4.63. The van der Waals surface area contributed by atoms with Crippen LogP contribution in [0.1, 0.15) is 12.5 Å². The SMILES string of the molecule is Cc1cccc(O[C@H](C)C(=O)Nc2ccccc2Oc2ccccc2)c1. The first-order chi connectivity index (χ1) is 12.6. The van der Waals surface area contributed by atoms with Gasteiger partial charge in [-0.2, -0.15) is 0 Å². The van der Waals surface area contributed by atoms with E-state index in [9.17, 15) is 4.79 Å². The topological polar surface area (TPSA) is 47.6 Å². The number of carbonyl (C=O) groups excluding carboxylic acids is 1. The predicted molar refractivity (Wildman–Crippen MR) is 103 cm³/mol. The first-order valence-electron chi connectivity index (χ1n) is 8.48. The Hall–Kier alpha value is -3.27. The van der Waals surface area contributed by atoms with E-state index in [2.05, 4.69) is 5.32 Å². The first-order valence-corrected chi connectivity index (χ1v) is 8.48. The van der Waals surface area contributed by atoms with Crippen molar-refractivity contribution in [3.63, 3.8) is 0 Å². The minimum atomic E-state index is -0.637. The molecule has 132 valence electrons. The summed E-state index contributed by atoms with van der Waals surface area (Å²) in [6.45, 7) is 3.70. The van der Waals surface area contributed by atoms with Crippen molar-refractivity contribution in [3.05, 3.63) is 84.4 Å². The molecule has 0 saturated heterocycles. The second-order valence-electron chi connectivity index (χ2n) is 5.98. The summed E-state index contributed by atoms with van der Waals surface area (Å²) in [5, 5.41) is 2.88. The zero-order valence-corrected chi connectivity index (χ0v) is 14.8. The quantitative estimate of drug-likeness (QED) is 0.667. The van der Waals surface area contributed by atoms with Crippen molar-refractivity contribution in [1.29, 1.82) is 0 Å². The van der Waals surface area contributed by atoms with E-state index in [0.717, 1.165) is 5.56 Å². The minimum Gasteiger partial charge on any atom is -0.481 e. The van der Waals surface area contributed by atoms with Gasteiger partial charge in [-0.1, -0.05) is 42.5 Å². The van der Waals surface area contributed by atoms with Crippen LogP contribution in [0.2, 0.25) is 0 Å². The third-order valence-electron chi connectivity index (χ3n) is 3.79. The van der Waals surface area contributed by atoms with Crippen LogP contribution >= 0.6 is 0 Å². The van der Waals surface area contributed by atoms with E-state index in [1.807, 2.05) is 79.7 Å². The molecule has 0 aromatic heterocycles. The highest BCUT2D eigenvalue weighted by Crippen LogP contribution is 2.29. The number of ether oxygens (including phenoxy) is 2. The van der Waals surface area contributed by atoms with Crippen LogP contribution in [0.5, 0.6) is 17.2 Å². The Balaban J connectivity index is 1.69. The number of carbonyl (C=O) groups is 1. The number of hydrogen-bond acceptors (Lipinski definition) is 3. The van der Waals surface area contributed by atoms with Gasteiger partial charge in [-0.15, -0.1) is 0 Å². The monoisotopic (exact) mass is 347 g/mol. The van der Waals surface area contributed by atoms with Gasteiger partial charge in [0.1, 0.15) is 11.5 Å². The fraction of sp³-hybridized carbons (Fsp3) is 0.136. The van der Waals surface area contributed by atoms with Crippen molar-refractivity contribution >= 4 is 11.6 Å². The van der Waals surface area contributed by atoms with Crippen molar-refractivity contribution in [2.24, 2.45) is 0 Å². The van der Waals surface area contributed by atoms with Gasteiger partial charge in [0.2, 0.25) is 0 Å². The van der Waals surface area contributed by atoms with Gasteiger partial charge in [0.05, 0.1) is 5.69 Å². The number of hydrogen-bond donors (Lipinski definition) is 1. The molecule has 3 aromatic carbocycles. The van der Waals surface area contributed by atoms with Crippen molar-refractivity contribution in [3.8, 4) is 17.2 Å². The molecule has 4 heteroatoms. The zero-order valence-electron chi connectivity index (χ0n) is 14.8. The summed E-state index contributed by atoms with van der Waals surface area (Å²) in [4.78, 5) is 12.5. The molecule has 0 saturated carbocycles. The van der Waals surface area contributed by atoms with Crippen LogP contribution in [0, 0.1) is 6.92 Å². The van der Waals surface area contributed by atoms with Gasteiger partial charge in [0.25, 0.3) is 5.91 Å². The average molecular weight is 347 g/mol. The zero-order chi connectivity index (χ0) is 18.4. The van der Waals surface area contributed by atoms with Crippen LogP contribution in [0.3, 0.4) is 0 Å². The van der Waals surface area contributed by atoms with Crippen LogP contribution in [0.4, 0.5) is 5.69 Å². The number of nitrogens with one attached hydrogen (secondary N) is 1. The van der Waals surface area contributed by atoms with Crippen LogP contribution in [0.15, 0.2) is 78.9 Å². The largest absolute Gasteiger partial charge is 0.481 e. The van der Waals surface area contributed by atoms with E-state index in [4.69, 9.17) is 9.47 Å². The van der Waals surface area contributed by atoms with Crippen molar-refractivity contribution in [1.82, 2.24) is 0 Å². The molecule has 0 bridgehead atoms. The minimum absolute atomic E-state index is 0.240. The Morgan fingerprint density at radius 3 is 2.35 bits per heavy atom. The number of anilines is 1. The average Bonchev–Trinajstić information content (AvgIpc) is 2.64. The third-order valence-corrected chi connectivity index (χ3v) is 3.79. The molecule has 0 spiro atoms. The maximum absolute atomic E-state index is 12.5. The molecule has 1 N–H and O–H groups in total. The number of benzene rings is 3. The Labute approximate surface area is 153 Å². The van der Waals surface area contributed by atoms with Gasteiger partial charge >= 0.3 is 0 Å². The number of para-hydroxylation sites is 3. The number of rotatable bonds is 6. The van der Waals surface area contributed by atoms with Crippen molar-refractivity contribution in [2.45, 2.75) is 20.0 Å². The Morgan fingerprint density at radius 1 is 0.885 bits per heavy atom. The summed E-state index contributed by atoms with van der Waals surface area (Å²) in [5.41, 5.74) is 1.68. The second-order valence-corrected chi connectivity index (χ2v) is 5.98. The van der Waals surface area contributed by atoms with Gasteiger partial charge in [-0.3, -0.25) is 4.79 Å². The lowest BCUT2D eigenvalue weighted by Crippen LogP contribution is -2.30. The molecular formula is C22H21NO3. The Bertz CT molecular complexity index is 877. The number of amides is 1. The van der Waals surface area contributed by atoms with Crippen LogP contribution in [-0.2, 0) is 4.79 Å². The van der Waals surface area contributed by atoms with E-state index in [0.29, 0.717) is 22.9 Å². The van der Waals surface area contributed by atoms with Crippen molar-refractivity contribution in [2.75, 3.05) is 5.32 Å². The molecule has 0 aliphatic carbocycles. The predicted octanol–water partition coefficient (Wildman–Crippen LogP) is 5.19. The first kappa shape index (κ1) is 17.5. The molecule has 3 rings (SSSR count). The molecule has 3 aromatic rings. The maximum atomic E-state index is 12.5. The molecule has 0 unspecified atom stereocenters. The molecule has 1 atom stereocenters. The normalized spacial score (nSPS) is 11.5. The van der Waals surface area contributed by atoms with E-state index in [1.54, 1.807) is 13.0 Å².